The summed E-state index contributed by atoms with van der Waals surface area (Å²) in [5.74, 6) is 2.45. The van der Waals surface area contributed by atoms with E-state index < -0.39 is 0 Å². The molecule has 4 nitrogen and oxygen atoms in total. The van der Waals surface area contributed by atoms with E-state index in [1.54, 1.807) is 7.11 Å². The van der Waals surface area contributed by atoms with Crippen LogP contribution in [0, 0.1) is 11.8 Å². The second-order valence-electron chi connectivity index (χ2n) is 5.57. The van der Waals surface area contributed by atoms with Gasteiger partial charge in [0.15, 0.2) is 0 Å². The number of piperidine rings is 1. The van der Waals surface area contributed by atoms with E-state index in [1.807, 2.05) is 24.3 Å². The van der Waals surface area contributed by atoms with Crippen LogP contribution in [-0.2, 0) is 0 Å². The molecular formula is C16H25NO3. The average Bonchev–Trinajstić information content (AvgIpc) is 2.50. The molecule has 20 heavy (non-hydrogen) atoms. The Labute approximate surface area is 121 Å². The molecular weight excluding hydrogens is 254 g/mol. The number of aliphatic hydroxyl groups is 1. The highest BCUT2D eigenvalue weighted by atomic mass is 16.5. The topological polar surface area (TPSA) is 41.9 Å². The van der Waals surface area contributed by atoms with Gasteiger partial charge >= 0.3 is 0 Å². The van der Waals surface area contributed by atoms with Crippen molar-refractivity contribution in [2.75, 3.05) is 40.5 Å². The van der Waals surface area contributed by atoms with Gasteiger partial charge in [0.25, 0.3) is 0 Å². The van der Waals surface area contributed by atoms with Gasteiger partial charge in [-0.1, -0.05) is 0 Å². The van der Waals surface area contributed by atoms with Crippen LogP contribution in [0.4, 0.5) is 0 Å². The SMILES string of the molecule is COc1ccc(OCC(CO)C2CCN(C)CC2)cc1. The van der Waals surface area contributed by atoms with Crippen molar-refractivity contribution in [2.45, 2.75) is 12.8 Å². The van der Waals surface area contributed by atoms with E-state index in [-0.39, 0.29) is 12.5 Å². The second-order valence-corrected chi connectivity index (χ2v) is 5.57. The van der Waals surface area contributed by atoms with E-state index in [4.69, 9.17) is 9.47 Å². The number of benzene rings is 1. The van der Waals surface area contributed by atoms with Crippen molar-refractivity contribution in [1.29, 1.82) is 0 Å². The van der Waals surface area contributed by atoms with E-state index in [0.717, 1.165) is 37.4 Å². The van der Waals surface area contributed by atoms with Gasteiger partial charge in [-0.25, -0.2) is 0 Å². The number of likely N-dealkylation sites (tertiary alicyclic amines) is 1. The summed E-state index contributed by atoms with van der Waals surface area (Å²) in [6, 6.07) is 7.58. The summed E-state index contributed by atoms with van der Waals surface area (Å²) in [6.45, 7) is 3.01. The molecule has 0 aromatic heterocycles. The molecule has 1 aliphatic rings. The first kappa shape index (κ1) is 15.1. The maximum Gasteiger partial charge on any atom is 0.119 e. The van der Waals surface area contributed by atoms with Crippen LogP contribution in [-0.4, -0.2) is 50.5 Å². The maximum absolute atomic E-state index is 9.59. The van der Waals surface area contributed by atoms with Crippen molar-refractivity contribution in [3.05, 3.63) is 24.3 Å². The van der Waals surface area contributed by atoms with Crippen molar-refractivity contribution in [3.63, 3.8) is 0 Å². The fourth-order valence-electron chi connectivity index (χ4n) is 2.71. The van der Waals surface area contributed by atoms with Crippen LogP contribution in [0.2, 0.25) is 0 Å². The third kappa shape index (κ3) is 4.12. The van der Waals surface area contributed by atoms with Gasteiger partial charge < -0.3 is 19.5 Å². The fraction of sp³-hybridized carbons (Fsp3) is 0.625. The predicted octanol–water partition coefficient (Wildman–Crippen LogP) is 2.02. The molecule has 112 valence electrons. The first-order valence-corrected chi connectivity index (χ1v) is 7.29. The van der Waals surface area contributed by atoms with Crippen molar-refractivity contribution >= 4 is 0 Å². The van der Waals surface area contributed by atoms with E-state index in [9.17, 15) is 5.11 Å². The largest absolute Gasteiger partial charge is 0.497 e. The molecule has 1 fully saturated rings. The molecule has 1 heterocycles. The molecule has 0 aliphatic carbocycles. The molecule has 0 bridgehead atoms. The molecule has 1 saturated heterocycles. The van der Waals surface area contributed by atoms with Gasteiger partial charge in [0.05, 0.1) is 13.7 Å². The normalized spacial score (nSPS) is 18.8. The monoisotopic (exact) mass is 279 g/mol. The zero-order valence-electron chi connectivity index (χ0n) is 12.4. The first-order valence-electron chi connectivity index (χ1n) is 7.29. The molecule has 0 spiro atoms. The number of ether oxygens (including phenoxy) is 2. The summed E-state index contributed by atoms with van der Waals surface area (Å²) in [5.41, 5.74) is 0. The standard InChI is InChI=1S/C16H25NO3/c1-17-9-7-13(8-10-17)14(11-18)12-20-16-5-3-15(19-2)4-6-16/h3-6,13-14,18H,7-12H2,1-2H3. The summed E-state index contributed by atoms with van der Waals surface area (Å²) in [7, 11) is 3.80. The minimum atomic E-state index is 0.199. The summed E-state index contributed by atoms with van der Waals surface area (Å²) in [6.07, 6.45) is 2.29. The van der Waals surface area contributed by atoms with E-state index in [0.29, 0.717) is 12.5 Å². The minimum absolute atomic E-state index is 0.199. The number of hydrogen-bond donors (Lipinski definition) is 1. The van der Waals surface area contributed by atoms with E-state index in [1.165, 1.54) is 0 Å². The molecule has 0 radical (unpaired) electrons. The average molecular weight is 279 g/mol. The lowest BCUT2D eigenvalue weighted by atomic mass is 9.85. The van der Waals surface area contributed by atoms with Gasteiger partial charge in [0, 0.05) is 12.5 Å². The van der Waals surface area contributed by atoms with Crippen LogP contribution in [0.15, 0.2) is 24.3 Å². The Morgan fingerprint density at radius 2 is 1.80 bits per heavy atom. The summed E-state index contributed by atoms with van der Waals surface area (Å²) >= 11 is 0. The molecule has 1 aromatic carbocycles. The zero-order valence-corrected chi connectivity index (χ0v) is 12.4. The number of nitrogens with zero attached hydrogens (tertiary/aromatic N) is 1. The lowest BCUT2D eigenvalue weighted by Gasteiger charge is -2.33. The van der Waals surface area contributed by atoms with Crippen LogP contribution in [0.1, 0.15) is 12.8 Å². The molecule has 0 amide bonds. The molecule has 1 aromatic rings. The van der Waals surface area contributed by atoms with Gasteiger partial charge in [-0.05, 0) is 63.2 Å². The van der Waals surface area contributed by atoms with Gasteiger partial charge in [-0.15, -0.1) is 0 Å². The van der Waals surface area contributed by atoms with Crippen molar-refractivity contribution in [3.8, 4) is 11.5 Å². The Balaban J connectivity index is 1.83. The molecule has 1 aliphatic heterocycles. The number of rotatable bonds is 6. The van der Waals surface area contributed by atoms with Gasteiger partial charge in [0.2, 0.25) is 0 Å². The number of methoxy groups -OCH3 is 1. The van der Waals surface area contributed by atoms with Crippen molar-refractivity contribution in [2.24, 2.45) is 11.8 Å². The lowest BCUT2D eigenvalue weighted by Crippen LogP contribution is -2.36. The second kappa shape index (κ2) is 7.50. The molecule has 4 heteroatoms. The molecule has 1 N–H and O–H groups in total. The summed E-state index contributed by atoms with van der Waals surface area (Å²) in [4.78, 5) is 2.34. The smallest absolute Gasteiger partial charge is 0.119 e. The zero-order chi connectivity index (χ0) is 14.4. The van der Waals surface area contributed by atoms with Crippen molar-refractivity contribution < 1.29 is 14.6 Å². The Kier molecular flexibility index (Phi) is 5.68. The van der Waals surface area contributed by atoms with Crippen molar-refractivity contribution in [1.82, 2.24) is 4.90 Å². The number of aliphatic hydroxyl groups excluding tert-OH is 1. The molecule has 1 unspecified atom stereocenters. The highest BCUT2D eigenvalue weighted by Gasteiger charge is 2.25. The molecule has 0 saturated carbocycles. The van der Waals surface area contributed by atoms with Crippen LogP contribution in [0.5, 0.6) is 11.5 Å². The lowest BCUT2D eigenvalue weighted by molar-refractivity contribution is 0.0809. The quantitative estimate of drug-likeness (QED) is 0.865. The van der Waals surface area contributed by atoms with Gasteiger partial charge in [-0.3, -0.25) is 0 Å². The minimum Gasteiger partial charge on any atom is -0.497 e. The Morgan fingerprint density at radius 3 is 2.35 bits per heavy atom. The van der Waals surface area contributed by atoms with Crippen LogP contribution in [0.3, 0.4) is 0 Å². The Hall–Kier alpha value is -1.26. The van der Waals surface area contributed by atoms with Crippen LogP contribution < -0.4 is 9.47 Å². The predicted molar refractivity (Wildman–Crippen MR) is 79.3 cm³/mol. The fourth-order valence-corrected chi connectivity index (χ4v) is 2.71. The maximum atomic E-state index is 9.59. The summed E-state index contributed by atoms with van der Waals surface area (Å²) < 4.78 is 10.9. The van der Waals surface area contributed by atoms with Gasteiger partial charge in [-0.2, -0.15) is 0 Å². The van der Waals surface area contributed by atoms with E-state index >= 15 is 0 Å². The Morgan fingerprint density at radius 1 is 1.20 bits per heavy atom. The molecule has 2 rings (SSSR count). The number of hydrogen-bond acceptors (Lipinski definition) is 4. The Bertz CT molecular complexity index is 385. The third-order valence-electron chi connectivity index (χ3n) is 4.19. The first-order chi connectivity index (χ1) is 9.72. The summed E-state index contributed by atoms with van der Waals surface area (Å²) in [5, 5.41) is 9.59. The third-order valence-corrected chi connectivity index (χ3v) is 4.19. The van der Waals surface area contributed by atoms with Crippen LogP contribution >= 0.6 is 0 Å². The highest BCUT2D eigenvalue weighted by Crippen LogP contribution is 2.25. The van der Waals surface area contributed by atoms with E-state index in [2.05, 4.69) is 11.9 Å². The van der Waals surface area contributed by atoms with Crippen LogP contribution in [0.25, 0.3) is 0 Å². The molecule has 1 atom stereocenters. The van der Waals surface area contributed by atoms with Gasteiger partial charge in [0.1, 0.15) is 11.5 Å². The highest BCUT2D eigenvalue weighted by molar-refractivity contribution is 5.31.